The fourth-order valence-electron chi connectivity index (χ4n) is 10.2. The van der Waals surface area contributed by atoms with Gasteiger partial charge in [0.05, 0.1) is 26.4 Å². The minimum Gasteiger partial charge on any atom is -0.462 e. The molecule has 0 aliphatic carbocycles. The van der Waals surface area contributed by atoms with Crippen LogP contribution in [0.1, 0.15) is 336 Å². The lowest BCUT2D eigenvalue weighted by molar-refractivity contribution is -0.161. The molecule has 17 nitrogen and oxygen atoms in total. The molecule has 0 amide bonds. The van der Waals surface area contributed by atoms with Crippen molar-refractivity contribution in [1.82, 2.24) is 0 Å². The summed E-state index contributed by atoms with van der Waals surface area (Å²) < 4.78 is 68.4. The fourth-order valence-corrected chi connectivity index (χ4v) is 11.8. The number of allylic oxidation sites excluding steroid dienone is 10. The Morgan fingerprint density at radius 2 is 0.553 bits per heavy atom. The highest BCUT2D eigenvalue weighted by Gasteiger charge is 2.30. The highest BCUT2D eigenvalue weighted by Crippen LogP contribution is 2.45. The van der Waals surface area contributed by atoms with E-state index in [0.29, 0.717) is 25.7 Å². The van der Waals surface area contributed by atoms with Gasteiger partial charge in [0.25, 0.3) is 0 Å². The molecule has 0 spiro atoms. The number of ether oxygens (including phenoxy) is 4. The lowest BCUT2D eigenvalue weighted by Crippen LogP contribution is -2.30. The zero-order valence-electron chi connectivity index (χ0n) is 59.6. The van der Waals surface area contributed by atoms with Gasteiger partial charge in [-0.3, -0.25) is 37.3 Å². The number of phosphoric acid groups is 2. The molecule has 0 fully saturated rings. The predicted molar refractivity (Wildman–Crippen MR) is 381 cm³/mol. The number of aliphatic hydroxyl groups excluding tert-OH is 1. The van der Waals surface area contributed by atoms with E-state index in [9.17, 15) is 43.2 Å². The molecule has 0 aromatic rings. The number of carbonyl (C=O) groups excluding carboxylic acids is 4. The molecule has 0 aliphatic rings. The van der Waals surface area contributed by atoms with Crippen molar-refractivity contribution in [3.63, 3.8) is 0 Å². The number of hydrogen-bond donors (Lipinski definition) is 3. The van der Waals surface area contributed by atoms with Gasteiger partial charge in [-0.2, -0.15) is 0 Å². The quantitative estimate of drug-likeness (QED) is 0.0169. The monoisotopic (exact) mass is 1370 g/mol. The predicted octanol–water partition coefficient (Wildman–Crippen LogP) is 21.1. The minimum atomic E-state index is -4.97. The Labute approximate surface area is 571 Å². The molecule has 0 saturated heterocycles. The van der Waals surface area contributed by atoms with E-state index in [4.69, 9.17) is 37.0 Å². The van der Waals surface area contributed by atoms with Gasteiger partial charge in [-0.15, -0.1) is 0 Å². The second-order valence-corrected chi connectivity index (χ2v) is 28.1. The molecule has 5 unspecified atom stereocenters. The molecule has 0 aromatic heterocycles. The van der Waals surface area contributed by atoms with E-state index < -0.39 is 97.5 Å². The van der Waals surface area contributed by atoms with Gasteiger partial charge in [-0.25, -0.2) is 9.13 Å². The van der Waals surface area contributed by atoms with Crippen molar-refractivity contribution >= 4 is 39.5 Å². The van der Waals surface area contributed by atoms with Gasteiger partial charge >= 0.3 is 39.5 Å². The van der Waals surface area contributed by atoms with E-state index in [1.165, 1.54) is 89.9 Å². The number of carbonyl (C=O) groups is 4. The van der Waals surface area contributed by atoms with Gasteiger partial charge in [-0.1, -0.05) is 262 Å². The number of hydrogen-bond acceptors (Lipinski definition) is 15. The molecule has 0 rings (SSSR count). The first-order valence-electron chi connectivity index (χ1n) is 37.5. The molecule has 3 N–H and O–H groups in total. The van der Waals surface area contributed by atoms with Crippen LogP contribution in [0.3, 0.4) is 0 Å². The van der Waals surface area contributed by atoms with Crippen LogP contribution >= 0.6 is 15.6 Å². The van der Waals surface area contributed by atoms with Crippen LogP contribution in [0.4, 0.5) is 0 Å². The van der Waals surface area contributed by atoms with Gasteiger partial charge in [0, 0.05) is 25.7 Å². The Morgan fingerprint density at radius 3 is 0.872 bits per heavy atom. The number of esters is 4. The van der Waals surface area contributed by atoms with Crippen molar-refractivity contribution in [3.05, 3.63) is 60.8 Å². The first-order valence-corrected chi connectivity index (χ1v) is 40.5. The minimum absolute atomic E-state index is 0.0875. The van der Waals surface area contributed by atoms with Gasteiger partial charge in [0.2, 0.25) is 0 Å². The van der Waals surface area contributed by atoms with Crippen LogP contribution in [0.5, 0.6) is 0 Å². The zero-order valence-corrected chi connectivity index (χ0v) is 61.4. The van der Waals surface area contributed by atoms with E-state index in [2.05, 4.69) is 88.5 Å². The van der Waals surface area contributed by atoms with E-state index in [1.54, 1.807) is 0 Å². The third kappa shape index (κ3) is 67.3. The third-order valence-corrected chi connectivity index (χ3v) is 17.9. The van der Waals surface area contributed by atoms with E-state index in [0.717, 1.165) is 167 Å². The summed E-state index contributed by atoms with van der Waals surface area (Å²) in [6.45, 7) is 4.73. The van der Waals surface area contributed by atoms with Crippen LogP contribution in [-0.4, -0.2) is 96.7 Å². The van der Waals surface area contributed by atoms with Crippen LogP contribution in [-0.2, 0) is 65.4 Å². The largest absolute Gasteiger partial charge is 0.472 e. The lowest BCUT2D eigenvalue weighted by Gasteiger charge is -2.21. The molecular weight excluding hydrogens is 1230 g/mol. The summed E-state index contributed by atoms with van der Waals surface area (Å²) in [4.78, 5) is 72.7. The summed E-state index contributed by atoms with van der Waals surface area (Å²) in [5.41, 5.74) is 0. The number of aliphatic hydroxyl groups is 1. The van der Waals surface area contributed by atoms with Crippen molar-refractivity contribution in [2.24, 2.45) is 0 Å². The molecule has 0 radical (unpaired) electrons. The molecular formula is C75H136O17P2. The standard InChI is InChI=1S/C75H136O17P2/c1-5-9-13-17-21-25-29-32-33-34-35-38-41-44-48-52-56-60-73(78)86-65-70(91-74(79)61-57-53-49-45-39-28-24-20-16-12-8-4)67-89-93(81,82)87-63-69(76)64-88-94(83,84)90-68-71(92-75(80)62-58-54-50-46-42-37-31-27-23-19-15-11-7-3)66-85-72(77)59-55-51-47-43-40-36-30-26-22-18-14-10-6-2/h9,13,21,25-27,30-33,69-71,76H,5-8,10-12,14-20,22-24,28-29,34-68H2,1-4H3,(H,81,82)(H,83,84)/b13-9-,25-21-,30-26-,31-27-,33-32-. The molecule has 0 saturated carbocycles. The smallest absolute Gasteiger partial charge is 0.462 e. The third-order valence-electron chi connectivity index (χ3n) is 16.0. The van der Waals surface area contributed by atoms with Gasteiger partial charge in [-0.05, 0) is 109 Å². The molecule has 0 aromatic carbocycles. The van der Waals surface area contributed by atoms with Crippen molar-refractivity contribution in [3.8, 4) is 0 Å². The topological polar surface area (TPSA) is 237 Å². The first-order chi connectivity index (χ1) is 45.7. The number of unbranched alkanes of at least 4 members (excludes halogenated alkanes) is 35. The van der Waals surface area contributed by atoms with Gasteiger partial charge in [0.15, 0.2) is 12.2 Å². The molecule has 19 heteroatoms. The van der Waals surface area contributed by atoms with Gasteiger partial charge < -0.3 is 33.8 Å². The second kappa shape index (κ2) is 68.3. The maximum absolute atomic E-state index is 13.0. The average Bonchev–Trinajstić information content (AvgIpc) is 1.32. The Hall–Kier alpha value is -3.24. The summed E-state index contributed by atoms with van der Waals surface area (Å²) in [6, 6.07) is 0. The summed E-state index contributed by atoms with van der Waals surface area (Å²) in [5, 5.41) is 10.6. The molecule has 94 heavy (non-hydrogen) atoms. The van der Waals surface area contributed by atoms with Crippen LogP contribution < -0.4 is 0 Å². The average molecular weight is 1370 g/mol. The maximum Gasteiger partial charge on any atom is 0.472 e. The van der Waals surface area contributed by atoms with Crippen molar-refractivity contribution < 1.29 is 80.2 Å². The van der Waals surface area contributed by atoms with Crippen molar-refractivity contribution in [2.75, 3.05) is 39.6 Å². The number of rotatable bonds is 71. The fraction of sp³-hybridized carbons (Fsp3) is 0.813. The van der Waals surface area contributed by atoms with E-state index >= 15 is 0 Å². The van der Waals surface area contributed by atoms with Crippen LogP contribution in [0.15, 0.2) is 60.8 Å². The van der Waals surface area contributed by atoms with Crippen LogP contribution in [0.2, 0.25) is 0 Å². The first kappa shape index (κ1) is 90.8. The SMILES string of the molecule is CC/C=C\C/C=C\C/C=C\CCCCCCCCCC(=O)OCC(COP(=O)(O)OCC(O)COP(=O)(O)OCC(COC(=O)CCCCCCC/C=C\CCCCCC)OC(=O)CCCCCCC/C=C\CCCCCC)OC(=O)CCCCCCCCCCCCC. The van der Waals surface area contributed by atoms with Crippen LogP contribution in [0.25, 0.3) is 0 Å². The highest BCUT2D eigenvalue weighted by molar-refractivity contribution is 7.47. The van der Waals surface area contributed by atoms with E-state index in [1.807, 2.05) is 0 Å². The normalized spacial score (nSPS) is 14.3. The van der Waals surface area contributed by atoms with Crippen LogP contribution in [0, 0.1) is 0 Å². The molecule has 0 aliphatic heterocycles. The van der Waals surface area contributed by atoms with Gasteiger partial charge in [0.1, 0.15) is 19.3 Å². The van der Waals surface area contributed by atoms with Crippen molar-refractivity contribution in [2.45, 2.75) is 354 Å². The molecule has 0 heterocycles. The second-order valence-electron chi connectivity index (χ2n) is 25.2. The summed E-state index contributed by atoms with van der Waals surface area (Å²) in [7, 11) is -9.93. The number of phosphoric ester groups is 2. The highest BCUT2D eigenvalue weighted by atomic mass is 31.2. The Balaban J connectivity index is 5.29. The maximum atomic E-state index is 13.0. The zero-order chi connectivity index (χ0) is 69.0. The Kier molecular flexibility index (Phi) is 65.9. The summed E-state index contributed by atoms with van der Waals surface area (Å²) in [5.74, 6) is -2.18. The summed E-state index contributed by atoms with van der Waals surface area (Å²) in [6.07, 6.45) is 65.0. The molecule has 0 bridgehead atoms. The molecule has 548 valence electrons. The Morgan fingerprint density at radius 1 is 0.309 bits per heavy atom. The van der Waals surface area contributed by atoms with E-state index in [-0.39, 0.29) is 25.7 Å². The molecule has 5 atom stereocenters. The lowest BCUT2D eigenvalue weighted by atomic mass is 10.1. The summed E-state index contributed by atoms with van der Waals surface area (Å²) >= 11 is 0. The Bertz CT molecular complexity index is 2030. The van der Waals surface area contributed by atoms with Crippen molar-refractivity contribution in [1.29, 1.82) is 0 Å².